The van der Waals surface area contributed by atoms with Crippen molar-refractivity contribution in [2.45, 2.75) is 12.5 Å². The second kappa shape index (κ2) is 7.32. The Labute approximate surface area is 161 Å². The minimum absolute atomic E-state index is 0.196. The molecule has 1 aliphatic heterocycles. The van der Waals surface area contributed by atoms with Crippen molar-refractivity contribution in [3.8, 4) is 0 Å². The summed E-state index contributed by atoms with van der Waals surface area (Å²) in [4.78, 5) is 27.2. The smallest absolute Gasteiger partial charge is 0.313 e. The van der Waals surface area contributed by atoms with E-state index in [1.807, 2.05) is 48.8 Å². The molecule has 2 atom stereocenters. The van der Waals surface area contributed by atoms with Gasteiger partial charge in [-0.3, -0.25) is 9.59 Å². The molecule has 0 unspecified atom stereocenters. The highest BCUT2D eigenvalue weighted by Crippen LogP contribution is 2.31. The van der Waals surface area contributed by atoms with Crippen LogP contribution in [0.5, 0.6) is 0 Å². The Bertz CT molecular complexity index is 989. The summed E-state index contributed by atoms with van der Waals surface area (Å²) in [5.74, 6) is -1.13. The quantitative estimate of drug-likeness (QED) is 0.613. The maximum atomic E-state index is 12.1. The molecule has 1 aromatic carbocycles. The van der Waals surface area contributed by atoms with Crippen molar-refractivity contribution in [2.24, 2.45) is 5.92 Å². The Morgan fingerprint density at radius 3 is 2.96 bits per heavy atom. The molecule has 0 saturated heterocycles. The van der Waals surface area contributed by atoms with Crippen molar-refractivity contribution in [3.05, 3.63) is 65.5 Å². The fraction of sp³-hybridized carbons (Fsp3) is 0.200. The average molecular weight is 383 g/mol. The summed E-state index contributed by atoms with van der Waals surface area (Å²) < 4.78 is 0. The normalized spacial score (nSPS) is 20.5. The summed E-state index contributed by atoms with van der Waals surface area (Å²) in [6.07, 6.45) is 10.3. The summed E-state index contributed by atoms with van der Waals surface area (Å²) in [5, 5.41) is 10.3. The number of hydrogen-bond donors (Lipinski definition) is 4. The van der Waals surface area contributed by atoms with Crippen LogP contribution >= 0.6 is 11.6 Å². The van der Waals surface area contributed by atoms with Gasteiger partial charge in [0.25, 0.3) is 0 Å². The number of amides is 2. The van der Waals surface area contributed by atoms with Gasteiger partial charge < -0.3 is 20.9 Å². The maximum Gasteiger partial charge on any atom is 0.313 e. The zero-order valence-corrected chi connectivity index (χ0v) is 15.2. The minimum atomic E-state index is -0.676. The first-order chi connectivity index (χ1) is 13.1. The number of allylic oxidation sites excluding steroid dienone is 2. The van der Waals surface area contributed by atoms with Crippen LogP contribution < -0.4 is 16.0 Å². The molecule has 27 heavy (non-hydrogen) atoms. The molecule has 4 rings (SSSR count). The van der Waals surface area contributed by atoms with E-state index in [1.165, 1.54) is 0 Å². The number of nitrogens with one attached hydrogen (secondary N) is 4. The molecule has 6 nitrogen and oxygen atoms in total. The molecule has 0 bridgehead atoms. The predicted molar refractivity (Wildman–Crippen MR) is 106 cm³/mol. The van der Waals surface area contributed by atoms with E-state index in [1.54, 1.807) is 6.07 Å². The molecule has 0 radical (unpaired) electrons. The highest BCUT2D eigenvalue weighted by atomic mass is 35.5. The largest absolute Gasteiger partial charge is 0.384 e. The van der Waals surface area contributed by atoms with Crippen molar-refractivity contribution in [2.75, 3.05) is 11.9 Å². The van der Waals surface area contributed by atoms with E-state index in [0.29, 0.717) is 23.7 Å². The Balaban J connectivity index is 1.28. The van der Waals surface area contributed by atoms with Crippen LogP contribution in [0.4, 0.5) is 5.69 Å². The molecule has 4 N–H and O–H groups in total. The van der Waals surface area contributed by atoms with Gasteiger partial charge in [0, 0.05) is 40.3 Å². The van der Waals surface area contributed by atoms with Gasteiger partial charge in [0.05, 0.1) is 6.04 Å². The Hall–Kier alpha value is -2.99. The van der Waals surface area contributed by atoms with Crippen molar-refractivity contribution in [1.29, 1.82) is 0 Å². The third-order valence-electron chi connectivity index (χ3n) is 4.79. The lowest BCUT2D eigenvalue weighted by molar-refractivity contribution is -0.136. The first kappa shape index (κ1) is 17.4. The lowest BCUT2D eigenvalue weighted by Gasteiger charge is -2.20. The average Bonchev–Trinajstić information content (AvgIpc) is 3.28. The van der Waals surface area contributed by atoms with Crippen LogP contribution in [0, 0.1) is 5.92 Å². The number of benzene rings is 1. The summed E-state index contributed by atoms with van der Waals surface area (Å²) in [5.41, 5.74) is 2.71. The molecule has 0 fully saturated rings. The number of carbonyl (C=O) groups is 2. The van der Waals surface area contributed by atoms with Crippen molar-refractivity contribution in [1.82, 2.24) is 15.6 Å². The summed E-state index contributed by atoms with van der Waals surface area (Å²) in [7, 11) is 0. The van der Waals surface area contributed by atoms with Gasteiger partial charge in [-0.25, -0.2) is 0 Å². The van der Waals surface area contributed by atoms with E-state index < -0.39 is 11.8 Å². The summed E-state index contributed by atoms with van der Waals surface area (Å²) in [6, 6.07) is 7.55. The molecular weight excluding hydrogens is 364 g/mol. The van der Waals surface area contributed by atoms with Crippen LogP contribution in [-0.4, -0.2) is 29.4 Å². The molecule has 2 aromatic rings. The Kier molecular flexibility index (Phi) is 4.73. The van der Waals surface area contributed by atoms with Crippen LogP contribution in [0.2, 0.25) is 0 Å². The molecule has 2 aliphatic rings. The van der Waals surface area contributed by atoms with E-state index in [2.05, 4.69) is 20.9 Å². The van der Waals surface area contributed by atoms with Gasteiger partial charge in [0.2, 0.25) is 0 Å². The van der Waals surface area contributed by atoms with Crippen LogP contribution in [0.15, 0.2) is 65.5 Å². The SMILES string of the molecule is O=C(NCCC1=CN[C@H]2C=CC(Cl)=C[C@H]12)C(=O)Nc1ccc2[nH]ccc2c1. The number of fused-ring (bicyclic) bond motifs is 2. The maximum absolute atomic E-state index is 12.1. The fourth-order valence-electron chi connectivity index (χ4n) is 3.40. The van der Waals surface area contributed by atoms with Gasteiger partial charge in [0.15, 0.2) is 0 Å². The van der Waals surface area contributed by atoms with E-state index in [9.17, 15) is 9.59 Å². The van der Waals surface area contributed by atoms with Gasteiger partial charge >= 0.3 is 11.8 Å². The van der Waals surface area contributed by atoms with Crippen LogP contribution in [0.1, 0.15) is 6.42 Å². The molecular formula is C20H19ClN4O2. The van der Waals surface area contributed by atoms with Gasteiger partial charge in [0.1, 0.15) is 0 Å². The van der Waals surface area contributed by atoms with Crippen molar-refractivity contribution >= 4 is 40.0 Å². The fourth-order valence-corrected chi connectivity index (χ4v) is 3.61. The topological polar surface area (TPSA) is 86.0 Å². The lowest BCUT2D eigenvalue weighted by Crippen LogP contribution is -2.36. The Morgan fingerprint density at radius 2 is 2.07 bits per heavy atom. The molecule has 2 amide bonds. The van der Waals surface area contributed by atoms with Gasteiger partial charge in [-0.1, -0.05) is 23.8 Å². The van der Waals surface area contributed by atoms with Crippen molar-refractivity contribution in [3.63, 3.8) is 0 Å². The van der Waals surface area contributed by atoms with E-state index in [4.69, 9.17) is 11.6 Å². The molecule has 138 valence electrons. The second-order valence-electron chi connectivity index (χ2n) is 6.59. The number of anilines is 1. The van der Waals surface area contributed by atoms with E-state index in [0.717, 1.165) is 16.5 Å². The first-order valence-corrected chi connectivity index (χ1v) is 9.15. The standard InChI is InChI=1S/C20H19ClN4O2/c21-14-1-3-18-16(10-14)13(11-24-18)6-8-23-19(26)20(27)25-15-2-4-17-12(9-15)5-7-22-17/h1-5,7,9-11,16,18,22,24H,6,8H2,(H,23,26)(H,25,27)/t16-,18+/m1/s1. The summed E-state index contributed by atoms with van der Waals surface area (Å²) >= 11 is 6.08. The zero-order valence-electron chi connectivity index (χ0n) is 14.5. The number of carbonyl (C=O) groups excluding carboxylic acids is 2. The van der Waals surface area contributed by atoms with Crippen LogP contribution in [0.3, 0.4) is 0 Å². The molecule has 2 heterocycles. The monoisotopic (exact) mass is 382 g/mol. The third-order valence-corrected chi connectivity index (χ3v) is 5.05. The highest BCUT2D eigenvalue weighted by molar-refractivity contribution is 6.39. The molecule has 0 saturated carbocycles. The van der Waals surface area contributed by atoms with Gasteiger partial charge in [-0.05, 0) is 48.5 Å². The predicted octanol–water partition coefficient (Wildman–Crippen LogP) is 2.78. The number of aromatic nitrogens is 1. The van der Waals surface area contributed by atoms with Crippen molar-refractivity contribution < 1.29 is 9.59 Å². The summed E-state index contributed by atoms with van der Waals surface area (Å²) in [6.45, 7) is 0.384. The second-order valence-corrected chi connectivity index (χ2v) is 7.02. The number of rotatable bonds is 4. The van der Waals surface area contributed by atoms with E-state index >= 15 is 0 Å². The third kappa shape index (κ3) is 3.75. The number of H-pyrrole nitrogens is 1. The number of aromatic amines is 1. The van der Waals surface area contributed by atoms with Crippen LogP contribution in [0.25, 0.3) is 10.9 Å². The number of halogens is 1. The minimum Gasteiger partial charge on any atom is -0.384 e. The molecule has 1 aliphatic carbocycles. The van der Waals surface area contributed by atoms with Gasteiger partial charge in [-0.15, -0.1) is 0 Å². The Morgan fingerprint density at radius 1 is 1.19 bits per heavy atom. The zero-order chi connectivity index (χ0) is 18.8. The van der Waals surface area contributed by atoms with E-state index in [-0.39, 0.29) is 12.0 Å². The van der Waals surface area contributed by atoms with Gasteiger partial charge in [-0.2, -0.15) is 0 Å². The van der Waals surface area contributed by atoms with Crippen LogP contribution in [-0.2, 0) is 9.59 Å². The molecule has 0 spiro atoms. The lowest BCUT2D eigenvalue weighted by atomic mass is 9.90. The first-order valence-electron chi connectivity index (χ1n) is 8.77. The molecule has 7 heteroatoms. The number of hydrogen-bond acceptors (Lipinski definition) is 3. The molecule has 1 aromatic heterocycles. The highest BCUT2D eigenvalue weighted by Gasteiger charge is 2.28.